The maximum absolute atomic E-state index is 10.9. The van der Waals surface area contributed by atoms with E-state index in [0.717, 1.165) is 43.8 Å². The molecule has 1 aliphatic rings. The van der Waals surface area contributed by atoms with E-state index in [2.05, 4.69) is 0 Å². The molecule has 4 heteroatoms. The molecule has 0 spiro atoms. The molecule has 0 aromatic heterocycles. The van der Waals surface area contributed by atoms with Gasteiger partial charge >= 0.3 is 0 Å². The van der Waals surface area contributed by atoms with Crippen molar-refractivity contribution in [1.82, 2.24) is 0 Å². The summed E-state index contributed by atoms with van der Waals surface area (Å²) < 4.78 is 16.6. The van der Waals surface area contributed by atoms with Gasteiger partial charge in [0.1, 0.15) is 11.5 Å². The second-order valence-electron chi connectivity index (χ2n) is 5.01. The monoisotopic (exact) mass is 278 g/mol. The van der Waals surface area contributed by atoms with E-state index in [1.807, 2.05) is 24.3 Å². The summed E-state index contributed by atoms with van der Waals surface area (Å²) in [6.07, 6.45) is 2.97. The highest BCUT2D eigenvalue weighted by Crippen LogP contribution is 2.15. The van der Waals surface area contributed by atoms with Crippen molar-refractivity contribution < 1.29 is 19.0 Å². The van der Waals surface area contributed by atoms with Gasteiger partial charge in [0.15, 0.2) is 6.29 Å². The van der Waals surface area contributed by atoms with Gasteiger partial charge in [-0.3, -0.25) is 0 Å². The molecule has 0 bridgehead atoms. The molecule has 0 aliphatic carbocycles. The van der Waals surface area contributed by atoms with Crippen molar-refractivity contribution in [2.24, 2.45) is 0 Å². The molecule has 2 rings (SSSR count). The van der Waals surface area contributed by atoms with Gasteiger partial charge in [0.05, 0.1) is 19.8 Å². The first kappa shape index (κ1) is 15.0. The van der Waals surface area contributed by atoms with E-state index < -0.39 is 0 Å². The Balaban J connectivity index is 1.69. The highest BCUT2D eigenvalue weighted by atomic mass is 16.7. The number of ketones is 1. The minimum Gasteiger partial charge on any atom is -0.493 e. The Bertz CT molecular complexity index is 407. The molecule has 0 saturated carbocycles. The lowest BCUT2D eigenvalue weighted by atomic mass is 10.1. The molecule has 1 aromatic carbocycles. The summed E-state index contributed by atoms with van der Waals surface area (Å²) in [6, 6.07) is 7.90. The van der Waals surface area contributed by atoms with E-state index in [-0.39, 0.29) is 12.1 Å². The van der Waals surface area contributed by atoms with Crippen LogP contribution in [0.5, 0.6) is 5.75 Å². The summed E-state index contributed by atoms with van der Waals surface area (Å²) >= 11 is 0. The lowest BCUT2D eigenvalue weighted by molar-refractivity contribution is -0.183. The fourth-order valence-electron chi connectivity index (χ4n) is 2.05. The summed E-state index contributed by atoms with van der Waals surface area (Å²) in [7, 11) is 0. The second kappa shape index (κ2) is 8.02. The van der Waals surface area contributed by atoms with Crippen LogP contribution in [0.4, 0.5) is 0 Å². The molecular formula is C16H22O4. The lowest BCUT2D eigenvalue weighted by Gasteiger charge is -2.23. The summed E-state index contributed by atoms with van der Waals surface area (Å²) in [4.78, 5) is 10.9. The Morgan fingerprint density at radius 3 is 2.60 bits per heavy atom. The molecule has 0 radical (unpaired) electrons. The van der Waals surface area contributed by atoms with E-state index in [1.54, 1.807) is 6.92 Å². The van der Waals surface area contributed by atoms with Crippen LogP contribution in [0.2, 0.25) is 0 Å². The smallest absolute Gasteiger partial charge is 0.160 e. The van der Waals surface area contributed by atoms with Crippen LogP contribution in [0.25, 0.3) is 0 Å². The van der Waals surface area contributed by atoms with Crippen LogP contribution >= 0.6 is 0 Å². The predicted molar refractivity (Wildman–Crippen MR) is 75.9 cm³/mol. The van der Waals surface area contributed by atoms with Crippen LogP contribution in [0.15, 0.2) is 24.3 Å². The summed E-state index contributed by atoms with van der Waals surface area (Å²) in [6.45, 7) is 3.75. The number of rotatable bonds is 7. The lowest BCUT2D eigenvalue weighted by Crippen LogP contribution is -2.26. The SMILES string of the molecule is CC(=O)CCc1ccc(OCCC2OCCCO2)cc1. The molecule has 1 saturated heterocycles. The van der Waals surface area contributed by atoms with E-state index in [4.69, 9.17) is 14.2 Å². The highest BCUT2D eigenvalue weighted by molar-refractivity contribution is 5.75. The van der Waals surface area contributed by atoms with Gasteiger partial charge in [-0.25, -0.2) is 0 Å². The van der Waals surface area contributed by atoms with Crippen molar-refractivity contribution in [3.05, 3.63) is 29.8 Å². The molecule has 0 N–H and O–H groups in total. The fraction of sp³-hybridized carbons (Fsp3) is 0.562. The molecule has 1 heterocycles. The van der Waals surface area contributed by atoms with Gasteiger partial charge in [-0.1, -0.05) is 12.1 Å². The van der Waals surface area contributed by atoms with Crippen LogP contribution in [-0.4, -0.2) is 31.9 Å². The van der Waals surface area contributed by atoms with Crippen LogP contribution in [-0.2, 0) is 20.7 Å². The zero-order valence-electron chi connectivity index (χ0n) is 12.0. The second-order valence-corrected chi connectivity index (χ2v) is 5.01. The first-order valence-corrected chi connectivity index (χ1v) is 7.18. The third-order valence-corrected chi connectivity index (χ3v) is 3.21. The topological polar surface area (TPSA) is 44.8 Å². The van der Waals surface area contributed by atoms with Gasteiger partial charge in [-0.2, -0.15) is 0 Å². The average molecular weight is 278 g/mol. The highest BCUT2D eigenvalue weighted by Gasteiger charge is 2.13. The number of carbonyl (C=O) groups excluding carboxylic acids is 1. The van der Waals surface area contributed by atoms with Crippen LogP contribution < -0.4 is 4.74 Å². The molecule has 1 aliphatic heterocycles. The number of benzene rings is 1. The number of hydrogen-bond acceptors (Lipinski definition) is 4. The van der Waals surface area contributed by atoms with Crippen LogP contribution in [0, 0.1) is 0 Å². The molecule has 0 atom stereocenters. The summed E-state index contributed by atoms with van der Waals surface area (Å²) in [5.41, 5.74) is 1.16. The van der Waals surface area contributed by atoms with Crippen molar-refractivity contribution >= 4 is 5.78 Å². The maximum atomic E-state index is 10.9. The largest absolute Gasteiger partial charge is 0.493 e. The van der Waals surface area contributed by atoms with Gasteiger partial charge in [0, 0.05) is 12.8 Å². The molecular weight excluding hydrogens is 256 g/mol. The number of ether oxygens (including phenoxy) is 3. The van der Waals surface area contributed by atoms with E-state index >= 15 is 0 Å². The standard InChI is InChI=1S/C16H22O4/c1-13(17)3-4-14-5-7-15(8-6-14)18-12-9-16-19-10-2-11-20-16/h5-8,16H,2-4,9-12H2,1H3. The van der Waals surface area contributed by atoms with Crippen molar-refractivity contribution in [2.75, 3.05) is 19.8 Å². The van der Waals surface area contributed by atoms with Gasteiger partial charge in [0.2, 0.25) is 0 Å². The minimum absolute atomic E-state index is 0.126. The molecule has 0 unspecified atom stereocenters. The molecule has 4 nitrogen and oxygen atoms in total. The first-order valence-electron chi connectivity index (χ1n) is 7.18. The zero-order valence-corrected chi connectivity index (χ0v) is 12.0. The van der Waals surface area contributed by atoms with Gasteiger partial charge < -0.3 is 19.0 Å². The van der Waals surface area contributed by atoms with E-state index in [9.17, 15) is 4.79 Å². The first-order chi connectivity index (χ1) is 9.74. The molecule has 110 valence electrons. The molecule has 1 fully saturated rings. The van der Waals surface area contributed by atoms with Crippen molar-refractivity contribution in [3.63, 3.8) is 0 Å². The quantitative estimate of drug-likeness (QED) is 0.769. The summed E-state index contributed by atoms with van der Waals surface area (Å²) in [5, 5.41) is 0. The van der Waals surface area contributed by atoms with Crippen molar-refractivity contribution in [3.8, 4) is 5.75 Å². The van der Waals surface area contributed by atoms with E-state index in [0.29, 0.717) is 13.0 Å². The Labute approximate surface area is 120 Å². The molecule has 1 aromatic rings. The number of Topliss-reactive ketones (excluding diaryl/α,β-unsaturated/α-hetero) is 1. The minimum atomic E-state index is -0.126. The predicted octanol–water partition coefficient (Wildman–Crippen LogP) is 2.74. The van der Waals surface area contributed by atoms with Crippen LogP contribution in [0.3, 0.4) is 0 Å². The van der Waals surface area contributed by atoms with E-state index in [1.165, 1.54) is 0 Å². The van der Waals surface area contributed by atoms with Crippen molar-refractivity contribution in [2.45, 2.75) is 38.9 Å². The number of hydrogen-bond donors (Lipinski definition) is 0. The molecule has 0 amide bonds. The normalized spacial score (nSPS) is 16.1. The maximum Gasteiger partial charge on any atom is 0.160 e. The van der Waals surface area contributed by atoms with Gasteiger partial charge in [0.25, 0.3) is 0 Å². The Morgan fingerprint density at radius 2 is 1.95 bits per heavy atom. The number of aryl methyl sites for hydroxylation is 1. The third kappa shape index (κ3) is 5.31. The Morgan fingerprint density at radius 1 is 1.25 bits per heavy atom. The average Bonchev–Trinajstić information content (AvgIpc) is 2.47. The Kier molecular flexibility index (Phi) is 6.02. The summed E-state index contributed by atoms with van der Waals surface area (Å²) in [5.74, 6) is 1.06. The van der Waals surface area contributed by atoms with Crippen molar-refractivity contribution in [1.29, 1.82) is 0 Å². The Hall–Kier alpha value is -1.39. The zero-order chi connectivity index (χ0) is 14.2. The number of carbonyl (C=O) groups is 1. The fourth-order valence-corrected chi connectivity index (χ4v) is 2.05. The van der Waals surface area contributed by atoms with Gasteiger partial charge in [-0.15, -0.1) is 0 Å². The van der Waals surface area contributed by atoms with Gasteiger partial charge in [-0.05, 0) is 37.5 Å². The molecule has 20 heavy (non-hydrogen) atoms. The van der Waals surface area contributed by atoms with Crippen LogP contribution in [0.1, 0.15) is 31.7 Å². The third-order valence-electron chi connectivity index (χ3n) is 3.21.